The minimum atomic E-state index is -0.315. The monoisotopic (exact) mass is 414 g/mol. The fourth-order valence-corrected chi connectivity index (χ4v) is 3.01. The maximum atomic E-state index is 12.2. The van der Waals surface area contributed by atoms with Crippen LogP contribution in [0.25, 0.3) is 11.5 Å². The van der Waals surface area contributed by atoms with Crippen molar-refractivity contribution in [1.82, 2.24) is 10.2 Å². The highest BCUT2D eigenvalue weighted by Gasteiger charge is 2.13. The Morgan fingerprint density at radius 3 is 2.79 bits per heavy atom. The molecule has 3 aromatic rings. The number of benzene rings is 2. The van der Waals surface area contributed by atoms with E-state index in [1.165, 1.54) is 6.07 Å². The molecule has 1 amide bonds. The average Bonchev–Trinajstić information content (AvgIpc) is 3.16. The van der Waals surface area contributed by atoms with Gasteiger partial charge in [-0.3, -0.25) is 4.79 Å². The van der Waals surface area contributed by atoms with E-state index in [9.17, 15) is 4.79 Å². The van der Waals surface area contributed by atoms with E-state index >= 15 is 0 Å². The third-order valence-electron chi connectivity index (χ3n) is 3.52. The Hall–Kier alpha value is -3.02. The van der Waals surface area contributed by atoms with Crippen LogP contribution in [-0.4, -0.2) is 28.5 Å². The predicted molar refractivity (Wildman–Crippen MR) is 106 cm³/mol. The minimum Gasteiger partial charge on any atom is -0.494 e. The molecule has 0 atom stereocenters. The molecule has 0 bridgehead atoms. The second-order valence-electron chi connectivity index (χ2n) is 5.47. The van der Waals surface area contributed by atoms with Gasteiger partial charge in [0.15, 0.2) is 0 Å². The van der Waals surface area contributed by atoms with Gasteiger partial charge in [-0.1, -0.05) is 23.4 Å². The van der Waals surface area contributed by atoms with Gasteiger partial charge >= 0.3 is 0 Å². The summed E-state index contributed by atoms with van der Waals surface area (Å²) in [5.41, 5.74) is 1.45. The van der Waals surface area contributed by atoms with E-state index in [1.807, 2.05) is 37.3 Å². The van der Waals surface area contributed by atoms with E-state index < -0.39 is 0 Å². The number of rotatable bonds is 7. The number of hydrogen-bond donors (Lipinski definition) is 1. The Labute approximate surface area is 170 Å². The molecule has 0 aliphatic heterocycles. The Bertz CT molecular complexity index is 1010. The standard InChI is InChI=1S/C19H15ClN4O3S/c1-2-26-15-7-4-12(5-8-15)18-23-24-19(27-18)28-11-17(25)22-16-9-14(20)6-3-13(16)10-21/h3-9H,2,11H2,1H3,(H,22,25). The van der Waals surface area contributed by atoms with E-state index in [0.29, 0.717) is 28.8 Å². The molecule has 0 aliphatic rings. The molecule has 1 N–H and O–H groups in total. The largest absolute Gasteiger partial charge is 0.494 e. The molecule has 1 heterocycles. The zero-order valence-electron chi connectivity index (χ0n) is 14.8. The summed E-state index contributed by atoms with van der Waals surface area (Å²) in [7, 11) is 0. The Balaban J connectivity index is 1.59. The number of nitriles is 1. The van der Waals surface area contributed by atoms with Crippen molar-refractivity contribution >= 4 is 35.0 Å². The number of aromatic nitrogens is 2. The van der Waals surface area contributed by atoms with Crippen molar-refractivity contribution in [2.75, 3.05) is 17.7 Å². The molecule has 9 heteroatoms. The minimum absolute atomic E-state index is 0.0439. The van der Waals surface area contributed by atoms with Crippen molar-refractivity contribution in [1.29, 1.82) is 5.26 Å². The maximum Gasteiger partial charge on any atom is 0.277 e. The number of carbonyl (C=O) groups is 1. The lowest BCUT2D eigenvalue weighted by Gasteiger charge is -2.06. The molecule has 2 aromatic carbocycles. The van der Waals surface area contributed by atoms with Crippen LogP contribution < -0.4 is 10.1 Å². The van der Waals surface area contributed by atoms with Crippen molar-refractivity contribution in [3.8, 4) is 23.3 Å². The first-order chi connectivity index (χ1) is 13.6. The van der Waals surface area contributed by atoms with Gasteiger partial charge in [0.05, 0.1) is 23.6 Å². The lowest BCUT2D eigenvalue weighted by molar-refractivity contribution is -0.113. The van der Waals surface area contributed by atoms with Gasteiger partial charge in [-0.25, -0.2) is 0 Å². The van der Waals surface area contributed by atoms with Crippen LogP contribution in [0.5, 0.6) is 5.75 Å². The summed E-state index contributed by atoms with van der Waals surface area (Å²) in [5, 5.41) is 20.4. The summed E-state index contributed by atoms with van der Waals surface area (Å²) in [6, 6.07) is 14.0. The highest BCUT2D eigenvalue weighted by Crippen LogP contribution is 2.25. The highest BCUT2D eigenvalue weighted by molar-refractivity contribution is 7.99. The van der Waals surface area contributed by atoms with Crippen LogP contribution in [0.15, 0.2) is 52.1 Å². The zero-order valence-corrected chi connectivity index (χ0v) is 16.4. The first-order valence-electron chi connectivity index (χ1n) is 8.28. The predicted octanol–water partition coefficient (Wildman–Crippen LogP) is 4.39. The van der Waals surface area contributed by atoms with Crippen molar-refractivity contribution in [2.45, 2.75) is 12.1 Å². The van der Waals surface area contributed by atoms with Gasteiger partial charge in [0.1, 0.15) is 11.8 Å². The van der Waals surface area contributed by atoms with Gasteiger partial charge in [0.25, 0.3) is 5.22 Å². The molecule has 0 saturated carbocycles. The van der Waals surface area contributed by atoms with Crippen LogP contribution >= 0.6 is 23.4 Å². The first-order valence-corrected chi connectivity index (χ1v) is 9.64. The van der Waals surface area contributed by atoms with Crippen molar-refractivity contribution in [3.63, 3.8) is 0 Å². The van der Waals surface area contributed by atoms with Gasteiger partial charge in [0, 0.05) is 10.6 Å². The van der Waals surface area contributed by atoms with Crippen LogP contribution in [0.3, 0.4) is 0 Å². The molecule has 7 nitrogen and oxygen atoms in total. The summed E-state index contributed by atoms with van der Waals surface area (Å²) < 4.78 is 11.0. The Morgan fingerprint density at radius 2 is 2.07 bits per heavy atom. The Morgan fingerprint density at radius 1 is 1.29 bits per heavy atom. The molecule has 142 valence electrons. The Kier molecular flexibility index (Phi) is 6.53. The molecule has 28 heavy (non-hydrogen) atoms. The normalized spacial score (nSPS) is 10.3. The van der Waals surface area contributed by atoms with E-state index in [1.54, 1.807) is 12.1 Å². The van der Waals surface area contributed by atoms with E-state index in [2.05, 4.69) is 15.5 Å². The summed E-state index contributed by atoms with van der Waals surface area (Å²) in [6.07, 6.45) is 0. The zero-order chi connectivity index (χ0) is 19.9. The number of carbonyl (C=O) groups excluding carboxylic acids is 1. The molecule has 0 fully saturated rings. The number of thioether (sulfide) groups is 1. The van der Waals surface area contributed by atoms with Crippen molar-refractivity contribution in [2.24, 2.45) is 0 Å². The van der Waals surface area contributed by atoms with Crippen LogP contribution in [0, 0.1) is 11.3 Å². The SMILES string of the molecule is CCOc1ccc(-c2nnc(SCC(=O)Nc3cc(Cl)ccc3C#N)o2)cc1. The first kappa shape index (κ1) is 19.7. The molecular formula is C19H15ClN4O3S. The smallest absolute Gasteiger partial charge is 0.277 e. The molecule has 1 aromatic heterocycles. The third-order valence-corrected chi connectivity index (χ3v) is 4.58. The van der Waals surface area contributed by atoms with Gasteiger partial charge < -0.3 is 14.5 Å². The number of halogens is 1. The summed E-state index contributed by atoms with van der Waals surface area (Å²) >= 11 is 7.01. The summed E-state index contributed by atoms with van der Waals surface area (Å²) in [6.45, 7) is 2.51. The van der Waals surface area contributed by atoms with E-state index in [-0.39, 0.29) is 16.9 Å². The third kappa shape index (κ3) is 5.03. The number of nitrogens with one attached hydrogen (secondary N) is 1. The maximum absolute atomic E-state index is 12.2. The second kappa shape index (κ2) is 9.26. The summed E-state index contributed by atoms with van der Waals surface area (Å²) in [5.74, 6) is 0.842. The molecule has 0 aliphatic carbocycles. The molecule has 0 radical (unpaired) electrons. The van der Waals surface area contributed by atoms with Gasteiger partial charge in [-0.15, -0.1) is 10.2 Å². The second-order valence-corrected chi connectivity index (χ2v) is 6.83. The van der Waals surface area contributed by atoms with Gasteiger partial charge in [-0.05, 0) is 49.4 Å². The number of nitrogens with zero attached hydrogens (tertiary/aromatic N) is 3. The van der Waals surface area contributed by atoms with Gasteiger partial charge in [0.2, 0.25) is 11.8 Å². The van der Waals surface area contributed by atoms with Crippen LogP contribution in [-0.2, 0) is 4.79 Å². The van der Waals surface area contributed by atoms with Crippen molar-refractivity contribution in [3.05, 3.63) is 53.1 Å². The fourth-order valence-electron chi connectivity index (χ4n) is 2.28. The van der Waals surface area contributed by atoms with E-state index in [0.717, 1.165) is 23.1 Å². The number of ether oxygens (including phenoxy) is 1. The summed E-state index contributed by atoms with van der Waals surface area (Å²) in [4.78, 5) is 12.2. The molecule has 0 unspecified atom stereocenters. The van der Waals surface area contributed by atoms with Gasteiger partial charge in [-0.2, -0.15) is 5.26 Å². The van der Waals surface area contributed by atoms with Crippen LogP contribution in [0.1, 0.15) is 12.5 Å². The molecule has 0 spiro atoms. The van der Waals surface area contributed by atoms with Crippen LogP contribution in [0.2, 0.25) is 5.02 Å². The lowest BCUT2D eigenvalue weighted by Crippen LogP contribution is -2.15. The number of amides is 1. The quantitative estimate of drug-likeness (QED) is 0.572. The average molecular weight is 415 g/mol. The topological polar surface area (TPSA) is 101 Å². The van der Waals surface area contributed by atoms with Crippen LogP contribution in [0.4, 0.5) is 5.69 Å². The number of anilines is 1. The lowest BCUT2D eigenvalue weighted by atomic mass is 10.2. The fraction of sp³-hybridized carbons (Fsp3) is 0.158. The number of hydrogen-bond acceptors (Lipinski definition) is 7. The molecule has 0 saturated heterocycles. The highest BCUT2D eigenvalue weighted by atomic mass is 35.5. The molecular weight excluding hydrogens is 400 g/mol. The molecule has 3 rings (SSSR count). The van der Waals surface area contributed by atoms with E-state index in [4.69, 9.17) is 26.0 Å². The van der Waals surface area contributed by atoms with Crippen molar-refractivity contribution < 1.29 is 13.9 Å².